The van der Waals surface area contributed by atoms with Gasteiger partial charge in [-0.15, -0.1) is 0 Å². The largest absolute Gasteiger partial charge is 0.450 e. The monoisotopic (exact) mass is 174 g/mol. The van der Waals surface area contributed by atoms with E-state index in [0.717, 1.165) is 0 Å². The molecule has 0 radical (unpaired) electrons. The highest BCUT2D eigenvalue weighted by Crippen LogP contribution is 1.66. The molecule has 1 aromatic heterocycles. The average Bonchev–Trinajstić information content (AvgIpc) is 2.40. The first-order valence-electron chi connectivity index (χ1n) is 3.21. The van der Waals surface area contributed by atoms with E-state index in [4.69, 9.17) is 0 Å². The molecule has 3 N–H and O–H groups in total. The number of H-pyrrole nitrogens is 1. The molecule has 0 aromatic carbocycles. The Bertz CT molecular complexity index is 248. The molecule has 1 aromatic rings. The molecule has 68 valence electrons. The molecule has 0 aliphatic carbocycles. The van der Waals surface area contributed by atoms with Crippen molar-refractivity contribution < 1.29 is 13.9 Å². The van der Waals surface area contributed by atoms with E-state index in [1.807, 2.05) is 0 Å². The van der Waals surface area contributed by atoms with Gasteiger partial charge in [-0.2, -0.15) is 0 Å². The SMILES string of the molecule is CCOC(N)=O.O=c1[nH]cco1. The molecule has 0 saturated heterocycles. The highest BCUT2D eigenvalue weighted by Gasteiger charge is 1.82. The summed E-state index contributed by atoms with van der Waals surface area (Å²) in [6, 6.07) is 0. The zero-order valence-corrected chi connectivity index (χ0v) is 6.57. The quantitative estimate of drug-likeness (QED) is 0.629. The molecule has 0 unspecified atom stereocenters. The molecular weight excluding hydrogens is 164 g/mol. The fourth-order valence-electron chi connectivity index (χ4n) is 0.374. The van der Waals surface area contributed by atoms with E-state index in [1.54, 1.807) is 6.92 Å². The summed E-state index contributed by atoms with van der Waals surface area (Å²) in [7, 11) is 0. The third kappa shape index (κ3) is 6.40. The Morgan fingerprint density at radius 1 is 1.83 bits per heavy atom. The van der Waals surface area contributed by atoms with Gasteiger partial charge in [0.2, 0.25) is 0 Å². The van der Waals surface area contributed by atoms with E-state index in [0.29, 0.717) is 6.61 Å². The summed E-state index contributed by atoms with van der Waals surface area (Å²) in [4.78, 5) is 21.7. The van der Waals surface area contributed by atoms with Gasteiger partial charge in [0, 0.05) is 6.20 Å². The summed E-state index contributed by atoms with van der Waals surface area (Å²) in [5.41, 5.74) is 4.54. The predicted octanol–water partition coefficient (Wildman–Crippen LogP) is 0.0695. The van der Waals surface area contributed by atoms with Gasteiger partial charge in [0.25, 0.3) is 0 Å². The predicted molar refractivity (Wildman–Crippen MR) is 40.5 cm³/mol. The van der Waals surface area contributed by atoms with E-state index in [9.17, 15) is 9.59 Å². The van der Waals surface area contributed by atoms with Crippen LogP contribution in [-0.2, 0) is 4.74 Å². The Labute approximate surface area is 68.3 Å². The Balaban J connectivity index is 0.000000202. The van der Waals surface area contributed by atoms with Crippen molar-refractivity contribution in [1.29, 1.82) is 0 Å². The number of nitrogens with two attached hydrogens (primary N) is 1. The maximum Gasteiger partial charge on any atom is 0.416 e. The first-order valence-corrected chi connectivity index (χ1v) is 3.21. The van der Waals surface area contributed by atoms with Crippen LogP contribution >= 0.6 is 0 Å². The minimum absolute atomic E-state index is 0.356. The smallest absolute Gasteiger partial charge is 0.416 e. The number of oxazole rings is 1. The van der Waals surface area contributed by atoms with Crippen molar-refractivity contribution >= 4 is 6.09 Å². The third-order valence-electron chi connectivity index (χ3n) is 0.731. The summed E-state index contributed by atoms with van der Waals surface area (Å²) in [6.07, 6.45) is 2.02. The number of ether oxygens (including phenoxy) is 1. The Hall–Kier alpha value is -1.72. The molecule has 0 spiro atoms. The van der Waals surface area contributed by atoms with Crippen LogP contribution in [0, 0.1) is 0 Å². The fraction of sp³-hybridized carbons (Fsp3) is 0.333. The van der Waals surface area contributed by atoms with Gasteiger partial charge in [-0.25, -0.2) is 9.59 Å². The van der Waals surface area contributed by atoms with Gasteiger partial charge >= 0.3 is 11.8 Å². The average molecular weight is 174 g/mol. The van der Waals surface area contributed by atoms with Crippen LogP contribution in [0.4, 0.5) is 4.79 Å². The summed E-state index contributed by atoms with van der Waals surface area (Å²) in [6.45, 7) is 2.06. The second-order valence-corrected chi connectivity index (χ2v) is 1.60. The number of rotatable bonds is 1. The summed E-state index contributed by atoms with van der Waals surface area (Å²) >= 11 is 0. The lowest BCUT2D eigenvalue weighted by atomic mass is 10.9. The second-order valence-electron chi connectivity index (χ2n) is 1.60. The molecule has 0 saturated carbocycles. The van der Waals surface area contributed by atoms with Crippen molar-refractivity contribution in [3.05, 3.63) is 23.0 Å². The van der Waals surface area contributed by atoms with Crippen LogP contribution in [-0.4, -0.2) is 17.7 Å². The van der Waals surface area contributed by atoms with Crippen molar-refractivity contribution in [2.45, 2.75) is 6.92 Å². The normalized spacial score (nSPS) is 8.08. The zero-order chi connectivity index (χ0) is 9.40. The fourth-order valence-corrected chi connectivity index (χ4v) is 0.374. The van der Waals surface area contributed by atoms with Crippen molar-refractivity contribution in [2.24, 2.45) is 5.73 Å². The van der Waals surface area contributed by atoms with Crippen molar-refractivity contribution in [2.75, 3.05) is 6.61 Å². The number of amides is 1. The summed E-state index contributed by atoms with van der Waals surface area (Å²) in [5.74, 6) is -0.407. The number of carbonyl (C=O) groups is 1. The van der Waals surface area contributed by atoms with Crippen LogP contribution in [0.25, 0.3) is 0 Å². The second kappa shape index (κ2) is 6.02. The van der Waals surface area contributed by atoms with Crippen LogP contribution in [0.3, 0.4) is 0 Å². The lowest BCUT2D eigenvalue weighted by molar-refractivity contribution is 0.163. The molecule has 1 amide bonds. The molecule has 6 nitrogen and oxygen atoms in total. The number of aromatic nitrogens is 1. The Morgan fingerprint density at radius 2 is 2.50 bits per heavy atom. The lowest BCUT2D eigenvalue weighted by Gasteiger charge is -1.89. The van der Waals surface area contributed by atoms with Crippen LogP contribution in [0.15, 0.2) is 21.7 Å². The van der Waals surface area contributed by atoms with Crippen LogP contribution in [0.1, 0.15) is 6.92 Å². The third-order valence-corrected chi connectivity index (χ3v) is 0.731. The molecule has 6 heteroatoms. The van der Waals surface area contributed by atoms with Crippen LogP contribution in [0.5, 0.6) is 0 Å². The van der Waals surface area contributed by atoms with E-state index < -0.39 is 11.8 Å². The number of aromatic amines is 1. The maximum absolute atomic E-state index is 9.85. The van der Waals surface area contributed by atoms with Crippen molar-refractivity contribution in [3.8, 4) is 0 Å². The first kappa shape index (κ1) is 10.3. The van der Waals surface area contributed by atoms with Gasteiger partial charge < -0.3 is 14.9 Å². The van der Waals surface area contributed by atoms with E-state index in [2.05, 4.69) is 19.9 Å². The molecule has 0 aliphatic rings. The Morgan fingerprint density at radius 3 is 2.58 bits per heavy atom. The van der Waals surface area contributed by atoms with Gasteiger partial charge in [-0.05, 0) is 6.92 Å². The number of primary amides is 1. The minimum Gasteiger partial charge on any atom is -0.450 e. The standard InChI is InChI=1S/C3H3NO2.C3H7NO2/c5-3-4-1-2-6-3;1-2-6-3(4)5/h1-2H,(H,4,5);2H2,1H3,(H2,4,5). The van der Waals surface area contributed by atoms with Gasteiger partial charge in [-0.3, -0.25) is 4.98 Å². The molecule has 1 heterocycles. The molecule has 1 rings (SSSR count). The molecule has 0 fully saturated rings. The molecule has 0 atom stereocenters. The zero-order valence-electron chi connectivity index (χ0n) is 6.57. The van der Waals surface area contributed by atoms with Crippen molar-refractivity contribution in [1.82, 2.24) is 4.98 Å². The molecule has 0 aliphatic heterocycles. The minimum atomic E-state index is -0.711. The van der Waals surface area contributed by atoms with Crippen LogP contribution < -0.4 is 11.5 Å². The van der Waals surface area contributed by atoms with Gasteiger partial charge in [0.1, 0.15) is 6.26 Å². The van der Waals surface area contributed by atoms with Crippen LogP contribution in [0.2, 0.25) is 0 Å². The lowest BCUT2D eigenvalue weighted by Crippen LogP contribution is -2.11. The number of hydrogen-bond acceptors (Lipinski definition) is 4. The first-order chi connectivity index (χ1) is 5.66. The van der Waals surface area contributed by atoms with Gasteiger partial charge in [0.15, 0.2) is 0 Å². The van der Waals surface area contributed by atoms with Gasteiger partial charge in [0.05, 0.1) is 6.61 Å². The maximum atomic E-state index is 9.85. The molecule has 12 heavy (non-hydrogen) atoms. The van der Waals surface area contributed by atoms with Crippen molar-refractivity contribution in [3.63, 3.8) is 0 Å². The van der Waals surface area contributed by atoms with E-state index >= 15 is 0 Å². The number of hydrogen-bond donors (Lipinski definition) is 2. The Kier molecular flexibility index (Phi) is 5.16. The number of carbonyl (C=O) groups excluding carboxylic acids is 1. The topological polar surface area (TPSA) is 98.3 Å². The van der Waals surface area contributed by atoms with E-state index in [-0.39, 0.29) is 0 Å². The highest BCUT2D eigenvalue weighted by atomic mass is 16.5. The number of nitrogens with one attached hydrogen (secondary N) is 1. The molecule has 0 bridgehead atoms. The van der Waals surface area contributed by atoms with Gasteiger partial charge in [-0.1, -0.05) is 0 Å². The highest BCUT2D eigenvalue weighted by molar-refractivity contribution is 5.64. The summed E-state index contributed by atoms with van der Waals surface area (Å²) < 4.78 is 8.40. The summed E-state index contributed by atoms with van der Waals surface area (Å²) in [5, 5.41) is 0. The molecular formula is C6H10N2O4. The van der Waals surface area contributed by atoms with E-state index in [1.165, 1.54) is 12.5 Å².